The van der Waals surface area contributed by atoms with Crippen molar-refractivity contribution >= 4 is 21.4 Å². The number of nitrogens with one attached hydrogen (secondary N) is 1. The highest BCUT2D eigenvalue weighted by Gasteiger charge is 2.10. The Balaban J connectivity index is 2.49. The molecule has 0 aliphatic rings. The Bertz CT molecular complexity index is 558. The van der Waals surface area contributed by atoms with Crippen LogP contribution in [0, 0.1) is 0 Å². The monoisotopic (exact) mass is 314 g/mol. The van der Waals surface area contributed by atoms with Gasteiger partial charge in [0, 0.05) is 12.6 Å². The fourth-order valence-electron chi connectivity index (χ4n) is 1.83. The second kappa shape index (κ2) is 7.63. The van der Waals surface area contributed by atoms with Crippen molar-refractivity contribution in [3.05, 3.63) is 18.2 Å². The van der Waals surface area contributed by atoms with E-state index in [2.05, 4.69) is 31.1 Å². The van der Waals surface area contributed by atoms with Gasteiger partial charge < -0.3 is 16.0 Å². The molecule has 0 fully saturated rings. The largest absolute Gasteiger partial charge is 0.397 e. The van der Waals surface area contributed by atoms with E-state index in [0.29, 0.717) is 17.4 Å². The fraction of sp³-hybridized carbons (Fsp3) is 0.571. The molecule has 21 heavy (non-hydrogen) atoms. The summed E-state index contributed by atoms with van der Waals surface area (Å²) in [6, 6.07) is 4.98. The van der Waals surface area contributed by atoms with Crippen molar-refractivity contribution in [1.29, 1.82) is 0 Å². The predicted molar refractivity (Wildman–Crippen MR) is 87.7 cm³/mol. The van der Waals surface area contributed by atoms with Crippen LogP contribution in [0.4, 0.5) is 11.4 Å². The maximum atomic E-state index is 11.3. The molecule has 1 aromatic rings. The zero-order chi connectivity index (χ0) is 16.0. The number of anilines is 2. The molecule has 0 heterocycles. The number of hydrogen-bond donors (Lipinski definition) is 3. The molecule has 0 aromatic heterocycles. The number of nitrogens with zero attached hydrogens (tertiary/aromatic N) is 1. The predicted octanol–water partition coefficient (Wildman–Crippen LogP) is 1.45. The minimum absolute atomic E-state index is 0.0683. The lowest BCUT2D eigenvalue weighted by Gasteiger charge is -2.20. The van der Waals surface area contributed by atoms with Crippen molar-refractivity contribution in [3.8, 4) is 0 Å². The SMILES string of the molecule is CC(C)N(C)CCCCNc1cc(S(N)(=O)=O)ccc1N. The fourth-order valence-corrected chi connectivity index (χ4v) is 2.37. The first kappa shape index (κ1) is 17.7. The number of rotatable bonds is 8. The summed E-state index contributed by atoms with van der Waals surface area (Å²) in [4.78, 5) is 2.36. The highest BCUT2D eigenvalue weighted by atomic mass is 32.2. The Morgan fingerprint density at radius 1 is 1.29 bits per heavy atom. The molecule has 0 bridgehead atoms. The lowest BCUT2D eigenvalue weighted by atomic mass is 10.2. The molecule has 7 heteroatoms. The Kier molecular flexibility index (Phi) is 6.44. The summed E-state index contributed by atoms with van der Waals surface area (Å²) in [6.45, 7) is 6.10. The summed E-state index contributed by atoms with van der Waals surface area (Å²) in [6.07, 6.45) is 2.05. The van der Waals surface area contributed by atoms with E-state index in [9.17, 15) is 8.42 Å². The standard InChI is InChI=1S/C14H26N4O2S/c1-11(2)18(3)9-5-4-8-17-14-10-12(21(16,19)20)6-7-13(14)15/h6-7,10-11,17H,4-5,8-9,15H2,1-3H3,(H2,16,19,20). The summed E-state index contributed by atoms with van der Waals surface area (Å²) >= 11 is 0. The molecule has 0 atom stereocenters. The van der Waals surface area contributed by atoms with Gasteiger partial charge in [0.05, 0.1) is 16.3 Å². The van der Waals surface area contributed by atoms with E-state index in [-0.39, 0.29) is 4.90 Å². The molecule has 1 rings (SSSR count). The van der Waals surface area contributed by atoms with Gasteiger partial charge in [0.1, 0.15) is 0 Å². The van der Waals surface area contributed by atoms with E-state index in [1.165, 1.54) is 12.1 Å². The first-order chi connectivity index (χ1) is 9.71. The molecule has 0 saturated carbocycles. The lowest BCUT2D eigenvalue weighted by Crippen LogP contribution is -2.27. The molecule has 1 aromatic carbocycles. The number of hydrogen-bond acceptors (Lipinski definition) is 5. The number of nitrogen functional groups attached to an aromatic ring is 1. The molecule has 6 nitrogen and oxygen atoms in total. The smallest absolute Gasteiger partial charge is 0.238 e. The summed E-state index contributed by atoms with van der Waals surface area (Å²) in [5, 5.41) is 8.28. The maximum absolute atomic E-state index is 11.3. The molecule has 5 N–H and O–H groups in total. The van der Waals surface area contributed by atoms with E-state index in [0.717, 1.165) is 25.9 Å². The molecular weight excluding hydrogens is 288 g/mol. The number of nitrogens with two attached hydrogens (primary N) is 2. The first-order valence-corrected chi connectivity index (χ1v) is 8.63. The summed E-state index contributed by atoms with van der Waals surface area (Å²) < 4.78 is 22.6. The normalized spacial score (nSPS) is 12.1. The zero-order valence-corrected chi connectivity index (χ0v) is 13.8. The van der Waals surface area contributed by atoms with Crippen molar-refractivity contribution in [2.75, 3.05) is 31.2 Å². The molecule has 0 unspecified atom stereocenters. The average molecular weight is 314 g/mol. The second-order valence-corrected chi connectivity index (χ2v) is 7.06. The van der Waals surface area contributed by atoms with E-state index in [1.807, 2.05) is 0 Å². The first-order valence-electron chi connectivity index (χ1n) is 7.08. The quantitative estimate of drug-likeness (QED) is 0.498. The van der Waals surface area contributed by atoms with Crippen LogP contribution in [0.15, 0.2) is 23.1 Å². The van der Waals surface area contributed by atoms with Crippen LogP contribution >= 0.6 is 0 Å². The third-order valence-electron chi connectivity index (χ3n) is 3.49. The van der Waals surface area contributed by atoms with Crippen LogP contribution in [0.5, 0.6) is 0 Å². The van der Waals surface area contributed by atoms with Gasteiger partial charge in [-0.05, 0) is 58.5 Å². The van der Waals surface area contributed by atoms with E-state index < -0.39 is 10.0 Å². The lowest BCUT2D eigenvalue weighted by molar-refractivity contribution is 0.269. The Labute approximate surface area is 127 Å². The minimum atomic E-state index is -3.70. The summed E-state index contributed by atoms with van der Waals surface area (Å²) in [5.41, 5.74) is 6.95. The number of benzene rings is 1. The van der Waals surface area contributed by atoms with Crippen molar-refractivity contribution in [2.45, 2.75) is 37.6 Å². The average Bonchev–Trinajstić information content (AvgIpc) is 2.38. The van der Waals surface area contributed by atoms with Crippen molar-refractivity contribution in [3.63, 3.8) is 0 Å². The van der Waals surface area contributed by atoms with E-state index >= 15 is 0 Å². The van der Waals surface area contributed by atoms with E-state index in [1.54, 1.807) is 6.07 Å². The third-order valence-corrected chi connectivity index (χ3v) is 4.40. The van der Waals surface area contributed by atoms with Gasteiger partial charge in [-0.1, -0.05) is 0 Å². The van der Waals surface area contributed by atoms with Gasteiger partial charge in [0.15, 0.2) is 0 Å². The maximum Gasteiger partial charge on any atom is 0.238 e. The summed E-state index contributed by atoms with van der Waals surface area (Å²) in [5.74, 6) is 0. The van der Waals surface area contributed by atoms with Gasteiger partial charge in [-0.15, -0.1) is 0 Å². The minimum Gasteiger partial charge on any atom is -0.397 e. The molecular formula is C14H26N4O2S. The van der Waals surface area contributed by atoms with Gasteiger partial charge in [-0.25, -0.2) is 13.6 Å². The van der Waals surface area contributed by atoms with Crippen LogP contribution in [-0.4, -0.2) is 39.5 Å². The van der Waals surface area contributed by atoms with Crippen LogP contribution in [0.25, 0.3) is 0 Å². The van der Waals surface area contributed by atoms with Crippen LogP contribution < -0.4 is 16.2 Å². The molecule has 0 aliphatic heterocycles. The van der Waals surface area contributed by atoms with Crippen molar-refractivity contribution in [1.82, 2.24) is 4.90 Å². The van der Waals surface area contributed by atoms with Gasteiger partial charge in [-0.3, -0.25) is 0 Å². The van der Waals surface area contributed by atoms with E-state index in [4.69, 9.17) is 10.9 Å². The van der Waals surface area contributed by atoms with Crippen LogP contribution in [0.3, 0.4) is 0 Å². The Hall–Kier alpha value is -1.31. The Morgan fingerprint density at radius 2 is 1.95 bits per heavy atom. The molecule has 0 radical (unpaired) electrons. The highest BCUT2D eigenvalue weighted by molar-refractivity contribution is 7.89. The molecule has 0 saturated heterocycles. The third kappa shape index (κ3) is 5.91. The highest BCUT2D eigenvalue weighted by Crippen LogP contribution is 2.22. The van der Waals surface area contributed by atoms with Crippen LogP contribution in [0.2, 0.25) is 0 Å². The van der Waals surface area contributed by atoms with Crippen molar-refractivity contribution in [2.24, 2.45) is 5.14 Å². The van der Waals surface area contributed by atoms with Gasteiger partial charge in [0.2, 0.25) is 10.0 Å². The molecule has 0 amide bonds. The topological polar surface area (TPSA) is 101 Å². The van der Waals surface area contributed by atoms with Crippen LogP contribution in [-0.2, 0) is 10.0 Å². The Morgan fingerprint density at radius 3 is 2.52 bits per heavy atom. The summed E-state index contributed by atoms with van der Waals surface area (Å²) in [7, 11) is -1.60. The van der Waals surface area contributed by atoms with Gasteiger partial charge in [-0.2, -0.15) is 0 Å². The zero-order valence-electron chi connectivity index (χ0n) is 13.0. The van der Waals surface area contributed by atoms with Gasteiger partial charge in [0.25, 0.3) is 0 Å². The van der Waals surface area contributed by atoms with Crippen LogP contribution in [0.1, 0.15) is 26.7 Å². The molecule has 0 aliphatic carbocycles. The second-order valence-electron chi connectivity index (χ2n) is 5.50. The molecule has 0 spiro atoms. The molecule has 120 valence electrons. The number of sulfonamides is 1. The van der Waals surface area contributed by atoms with Gasteiger partial charge >= 0.3 is 0 Å². The van der Waals surface area contributed by atoms with Crippen molar-refractivity contribution < 1.29 is 8.42 Å². The number of unbranched alkanes of at least 4 members (excludes halogenated alkanes) is 1. The number of primary sulfonamides is 1.